The molecular formula is C25H31ClN6O3. The summed E-state index contributed by atoms with van der Waals surface area (Å²) in [4.78, 5) is 41.3. The Morgan fingerprint density at radius 3 is 2.49 bits per heavy atom. The summed E-state index contributed by atoms with van der Waals surface area (Å²) in [6, 6.07) is 5.26. The van der Waals surface area contributed by atoms with Gasteiger partial charge in [0.25, 0.3) is 5.91 Å². The van der Waals surface area contributed by atoms with E-state index in [0.717, 1.165) is 16.5 Å². The lowest BCUT2D eigenvalue weighted by molar-refractivity contribution is 0.0103. The summed E-state index contributed by atoms with van der Waals surface area (Å²) in [5.41, 5.74) is 1.66. The van der Waals surface area contributed by atoms with E-state index in [9.17, 15) is 9.59 Å². The fourth-order valence-electron chi connectivity index (χ4n) is 4.13. The Bertz CT molecular complexity index is 1200. The Morgan fingerprint density at radius 2 is 1.83 bits per heavy atom. The van der Waals surface area contributed by atoms with Gasteiger partial charge >= 0.3 is 6.09 Å². The normalized spacial score (nSPS) is 15.7. The van der Waals surface area contributed by atoms with Gasteiger partial charge in [-0.15, -0.1) is 0 Å². The van der Waals surface area contributed by atoms with Crippen LogP contribution in [0.25, 0.3) is 10.9 Å². The van der Waals surface area contributed by atoms with Crippen LogP contribution in [0.5, 0.6) is 0 Å². The number of ether oxygens (including phenoxy) is 1. The van der Waals surface area contributed by atoms with Crippen molar-refractivity contribution in [1.29, 1.82) is 0 Å². The third-order valence-electron chi connectivity index (χ3n) is 5.96. The van der Waals surface area contributed by atoms with Crippen LogP contribution in [0.4, 0.5) is 4.79 Å². The minimum Gasteiger partial charge on any atom is -0.444 e. The number of fused-ring (bicyclic) bond motifs is 1. The van der Waals surface area contributed by atoms with Crippen LogP contribution >= 0.6 is 11.6 Å². The first kappa shape index (κ1) is 24.9. The lowest BCUT2D eigenvalue weighted by Crippen LogP contribution is -2.52. The van der Waals surface area contributed by atoms with Crippen molar-refractivity contribution in [2.45, 2.75) is 39.3 Å². The molecule has 35 heavy (non-hydrogen) atoms. The average Bonchev–Trinajstić information content (AvgIpc) is 3.29. The first-order valence-corrected chi connectivity index (χ1v) is 12.0. The van der Waals surface area contributed by atoms with Crippen molar-refractivity contribution in [2.24, 2.45) is 0 Å². The summed E-state index contributed by atoms with van der Waals surface area (Å²) >= 11 is 6.51. The Hall–Kier alpha value is -3.17. The van der Waals surface area contributed by atoms with Crippen LogP contribution in [0.15, 0.2) is 36.8 Å². The van der Waals surface area contributed by atoms with E-state index in [1.807, 2.05) is 39.8 Å². The molecule has 0 spiro atoms. The molecule has 186 valence electrons. The van der Waals surface area contributed by atoms with Crippen LogP contribution in [-0.4, -0.2) is 75.1 Å². The number of carbonyl (C=O) groups excluding carboxylic acids is 2. The molecule has 1 fully saturated rings. The van der Waals surface area contributed by atoms with Crippen LogP contribution in [0, 0.1) is 6.92 Å². The van der Waals surface area contributed by atoms with Crippen LogP contribution in [0.3, 0.4) is 0 Å². The van der Waals surface area contributed by atoms with Crippen molar-refractivity contribution in [2.75, 3.05) is 32.7 Å². The quantitative estimate of drug-likeness (QED) is 0.552. The second-order valence-corrected chi connectivity index (χ2v) is 10.0. The minimum atomic E-state index is -0.537. The van der Waals surface area contributed by atoms with Gasteiger partial charge in [-0.3, -0.25) is 9.69 Å². The maximum atomic E-state index is 13.1. The lowest BCUT2D eigenvalue weighted by Gasteiger charge is -2.39. The number of piperazine rings is 1. The monoisotopic (exact) mass is 498 g/mol. The highest BCUT2D eigenvalue weighted by Crippen LogP contribution is 2.27. The van der Waals surface area contributed by atoms with E-state index in [0.29, 0.717) is 49.1 Å². The zero-order valence-corrected chi connectivity index (χ0v) is 21.2. The molecule has 2 aromatic heterocycles. The highest BCUT2D eigenvalue weighted by molar-refractivity contribution is 6.38. The molecule has 3 heterocycles. The second kappa shape index (κ2) is 10.2. The molecule has 1 unspecified atom stereocenters. The molecule has 1 atom stereocenters. The predicted octanol–water partition coefficient (Wildman–Crippen LogP) is 3.94. The Kier molecular flexibility index (Phi) is 7.28. The van der Waals surface area contributed by atoms with Crippen molar-refractivity contribution in [3.63, 3.8) is 0 Å². The van der Waals surface area contributed by atoms with Crippen molar-refractivity contribution < 1.29 is 14.3 Å². The number of rotatable bonds is 5. The van der Waals surface area contributed by atoms with Gasteiger partial charge in [0.15, 0.2) is 0 Å². The van der Waals surface area contributed by atoms with Crippen LogP contribution in [0.2, 0.25) is 5.02 Å². The summed E-state index contributed by atoms with van der Waals surface area (Å²) in [6.07, 6.45) is 5.06. The zero-order chi connectivity index (χ0) is 25.2. The first-order chi connectivity index (χ1) is 16.6. The van der Waals surface area contributed by atoms with Crippen molar-refractivity contribution >= 4 is 34.5 Å². The molecule has 0 bridgehead atoms. The first-order valence-electron chi connectivity index (χ1n) is 11.7. The summed E-state index contributed by atoms with van der Waals surface area (Å²) in [5, 5.41) is 4.26. The number of nitrogens with zero attached hydrogens (tertiary/aromatic N) is 4. The molecule has 2 N–H and O–H groups in total. The number of aromatic amines is 1. The molecular weight excluding hydrogens is 468 g/mol. The number of aryl methyl sites for hydroxylation is 1. The van der Waals surface area contributed by atoms with Crippen LogP contribution < -0.4 is 5.32 Å². The fraction of sp³-hybridized carbons (Fsp3) is 0.440. The number of benzene rings is 1. The van der Waals surface area contributed by atoms with E-state index >= 15 is 0 Å². The summed E-state index contributed by atoms with van der Waals surface area (Å²) < 4.78 is 5.51. The van der Waals surface area contributed by atoms with Gasteiger partial charge in [-0.05, 0) is 45.9 Å². The third kappa shape index (κ3) is 5.91. The van der Waals surface area contributed by atoms with Crippen molar-refractivity contribution in [3.05, 3.63) is 58.8 Å². The molecule has 9 nitrogen and oxygen atoms in total. The van der Waals surface area contributed by atoms with Gasteiger partial charge in [0.2, 0.25) is 0 Å². The molecule has 4 rings (SSSR count). The topological polar surface area (TPSA) is 103 Å². The largest absolute Gasteiger partial charge is 0.444 e. The smallest absolute Gasteiger partial charge is 0.410 e. The Morgan fingerprint density at radius 1 is 1.14 bits per heavy atom. The number of carbonyl (C=O) groups is 2. The Labute approximate surface area is 209 Å². The van der Waals surface area contributed by atoms with Gasteiger partial charge in [-0.25, -0.2) is 14.8 Å². The SMILES string of the molecule is Cc1ncc(C(CNC(=O)c2ccc3[nH]ccc3c2Cl)N2CCN(C(=O)OC(C)(C)C)CC2)cn1. The van der Waals surface area contributed by atoms with Crippen LogP contribution in [-0.2, 0) is 4.74 Å². The Balaban J connectivity index is 1.46. The van der Waals surface area contributed by atoms with Gasteiger partial charge in [0, 0.05) is 67.8 Å². The molecule has 2 amide bonds. The average molecular weight is 499 g/mol. The molecule has 1 aromatic carbocycles. The van der Waals surface area contributed by atoms with E-state index in [2.05, 4.69) is 25.2 Å². The molecule has 10 heteroatoms. The molecule has 0 saturated carbocycles. The summed E-state index contributed by atoms with van der Waals surface area (Å²) in [5.74, 6) is 0.432. The summed E-state index contributed by atoms with van der Waals surface area (Å²) in [7, 11) is 0. The summed E-state index contributed by atoms with van der Waals surface area (Å²) in [6.45, 7) is 10.1. The van der Waals surface area contributed by atoms with Gasteiger partial charge in [0.05, 0.1) is 16.6 Å². The number of amides is 2. The van der Waals surface area contributed by atoms with Gasteiger partial charge in [-0.2, -0.15) is 0 Å². The highest BCUT2D eigenvalue weighted by Gasteiger charge is 2.30. The molecule has 0 aliphatic carbocycles. The molecule has 0 radical (unpaired) electrons. The molecule has 1 aliphatic heterocycles. The number of hydrogen-bond donors (Lipinski definition) is 2. The van der Waals surface area contributed by atoms with Crippen LogP contribution in [0.1, 0.15) is 48.6 Å². The number of aromatic nitrogens is 3. The maximum absolute atomic E-state index is 13.1. The predicted molar refractivity (Wildman–Crippen MR) is 135 cm³/mol. The van der Waals surface area contributed by atoms with E-state index in [1.54, 1.807) is 29.6 Å². The van der Waals surface area contributed by atoms with Gasteiger partial charge in [-0.1, -0.05) is 11.6 Å². The highest BCUT2D eigenvalue weighted by atomic mass is 35.5. The zero-order valence-electron chi connectivity index (χ0n) is 20.5. The number of H-pyrrole nitrogens is 1. The van der Waals surface area contributed by atoms with E-state index < -0.39 is 5.60 Å². The van der Waals surface area contributed by atoms with E-state index in [1.165, 1.54) is 0 Å². The molecule has 1 aliphatic rings. The van der Waals surface area contributed by atoms with E-state index in [-0.39, 0.29) is 18.0 Å². The number of nitrogens with one attached hydrogen (secondary N) is 2. The maximum Gasteiger partial charge on any atom is 0.410 e. The van der Waals surface area contributed by atoms with Crippen molar-refractivity contribution in [3.8, 4) is 0 Å². The number of halogens is 1. The van der Waals surface area contributed by atoms with E-state index in [4.69, 9.17) is 16.3 Å². The molecule has 1 saturated heterocycles. The van der Waals surface area contributed by atoms with Gasteiger partial charge < -0.3 is 19.9 Å². The standard InChI is InChI=1S/C25H31ClN6O3/c1-16-28-13-17(14-29-16)21(31-9-11-32(12-10-31)24(34)35-25(2,3)4)15-30-23(33)19-5-6-20-18(22(19)26)7-8-27-20/h5-8,13-14,21,27H,9-12,15H2,1-4H3,(H,30,33). The second-order valence-electron chi connectivity index (χ2n) is 9.66. The third-order valence-corrected chi connectivity index (χ3v) is 6.37. The lowest BCUT2D eigenvalue weighted by atomic mass is 10.1. The number of hydrogen-bond acceptors (Lipinski definition) is 6. The van der Waals surface area contributed by atoms with Crippen molar-refractivity contribution in [1.82, 2.24) is 30.1 Å². The van der Waals surface area contributed by atoms with Gasteiger partial charge in [0.1, 0.15) is 11.4 Å². The minimum absolute atomic E-state index is 0.157. The fourth-order valence-corrected chi connectivity index (χ4v) is 4.45. The molecule has 3 aromatic rings.